The van der Waals surface area contributed by atoms with Crippen molar-refractivity contribution in [2.75, 3.05) is 45.8 Å². The van der Waals surface area contributed by atoms with Gasteiger partial charge in [-0.3, -0.25) is 9.69 Å². The van der Waals surface area contributed by atoms with E-state index < -0.39 is 10.0 Å². The number of nitrogens with zero attached hydrogens (tertiary/aromatic N) is 3. The summed E-state index contributed by atoms with van der Waals surface area (Å²) in [6.07, 6.45) is 2.38. The van der Waals surface area contributed by atoms with E-state index in [1.807, 2.05) is 37.8 Å². The van der Waals surface area contributed by atoms with Crippen LogP contribution >= 0.6 is 0 Å². The summed E-state index contributed by atoms with van der Waals surface area (Å²) in [5.74, 6) is 0.762. The first-order valence-corrected chi connectivity index (χ1v) is 11.7. The van der Waals surface area contributed by atoms with Gasteiger partial charge >= 0.3 is 0 Å². The van der Waals surface area contributed by atoms with E-state index in [2.05, 4.69) is 11.8 Å². The quantitative estimate of drug-likeness (QED) is 0.768. The average Bonchev–Trinajstić information content (AvgIpc) is 2.60. The van der Waals surface area contributed by atoms with Crippen molar-refractivity contribution in [2.24, 2.45) is 5.92 Å². The normalized spacial score (nSPS) is 22.4. The van der Waals surface area contributed by atoms with Gasteiger partial charge in [-0.2, -0.15) is 4.31 Å². The van der Waals surface area contributed by atoms with Gasteiger partial charge in [0.2, 0.25) is 15.9 Å². The van der Waals surface area contributed by atoms with Crippen LogP contribution in [0.2, 0.25) is 0 Å². The molecule has 0 bridgehead atoms. The second kappa shape index (κ2) is 8.51. The minimum atomic E-state index is -3.54. The molecule has 28 heavy (non-hydrogen) atoms. The average molecular weight is 408 g/mol. The van der Waals surface area contributed by atoms with Crippen molar-refractivity contribution in [3.63, 3.8) is 0 Å². The van der Waals surface area contributed by atoms with Crippen molar-refractivity contribution in [3.8, 4) is 0 Å². The summed E-state index contributed by atoms with van der Waals surface area (Å²) in [4.78, 5) is 17.1. The number of rotatable bonds is 4. The number of benzene rings is 1. The molecule has 156 valence electrons. The Morgan fingerprint density at radius 2 is 1.64 bits per heavy atom. The molecule has 7 heteroatoms. The van der Waals surface area contributed by atoms with E-state index in [9.17, 15) is 13.2 Å². The monoisotopic (exact) mass is 407 g/mol. The first-order chi connectivity index (χ1) is 13.2. The molecule has 1 aromatic rings. The van der Waals surface area contributed by atoms with Crippen LogP contribution < -0.4 is 0 Å². The van der Waals surface area contributed by atoms with E-state index in [-0.39, 0.29) is 5.91 Å². The lowest BCUT2D eigenvalue weighted by Gasteiger charge is -2.36. The Hall–Kier alpha value is -1.44. The minimum Gasteiger partial charge on any atom is -0.339 e. The smallest absolute Gasteiger partial charge is 0.243 e. The molecule has 2 saturated heterocycles. The van der Waals surface area contributed by atoms with Gasteiger partial charge < -0.3 is 4.90 Å². The number of hydrogen-bond donors (Lipinski definition) is 0. The van der Waals surface area contributed by atoms with Crippen molar-refractivity contribution in [3.05, 3.63) is 28.8 Å². The Labute approximate surface area is 169 Å². The van der Waals surface area contributed by atoms with Crippen molar-refractivity contribution >= 4 is 15.9 Å². The van der Waals surface area contributed by atoms with Gasteiger partial charge in [0.1, 0.15) is 0 Å². The molecule has 0 N–H and O–H groups in total. The number of carbonyl (C=O) groups excluding carboxylic acids is 1. The predicted octanol–water partition coefficient (Wildman–Crippen LogP) is 2.18. The van der Waals surface area contributed by atoms with Gasteiger partial charge in [0.15, 0.2) is 0 Å². The molecular weight excluding hydrogens is 374 g/mol. The third-order valence-corrected chi connectivity index (χ3v) is 8.10. The Morgan fingerprint density at radius 1 is 1.04 bits per heavy atom. The van der Waals surface area contributed by atoms with Gasteiger partial charge in [-0.15, -0.1) is 0 Å². The molecule has 2 heterocycles. The molecule has 0 radical (unpaired) electrons. The largest absolute Gasteiger partial charge is 0.339 e. The van der Waals surface area contributed by atoms with Crippen molar-refractivity contribution < 1.29 is 13.2 Å². The van der Waals surface area contributed by atoms with Gasteiger partial charge in [-0.05, 0) is 57.2 Å². The first-order valence-electron chi connectivity index (χ1n) is 10.3. The molecule has 6 nitrogen and oxygen atoms in total. The highest BCUT2D eigenvalue weighted by Crippen LogP contribution is 2.26. The zero-order valence-corrected chi connectivity index (χ0v) is 18.4. The summed E-state index contributed by atoms with van der Waals surface area (Å²) >= 11 is 0. The number of amides is 1. The summed E-state index contributed by atoms with van der Waals surface area (Å²) < 4.78 is 27.9. The van der Waals surface area contributed by atoms with Gasteiger partial charge in [-0.25, -0.2) is 8.42 Å². The zero-order chi connectivity index (χ0) is 20.5. The van der Waals surface area contributed by atoms with Gasteiger partial charge in [0.05, 0.1) is 11.4 Å². The molecule has 2 fully saturated rings. The van der Waals surface area contributed by atoms with E-state index in [1.165, 1.54) is 10.7 Å². The highest BCUT2D eigenvalue weighted by Gasteiger charge is 2.32. The van der Waals surface area contributed by atoms with E-state index in [1.54, 1.807) is 0 Å². The fourth-order valence-corrected chi connectivity index (χ4v) is 6.44. The van der Waals surface area contributed by atoms with Crippen LogP contribution in [0, 0.1) is 26.7 Å². The van der Waals surface area contributed by atoms with Crippen LogP contribution in [-0.4, -0.2) is 74.2 Å². The van der Waals surface area contributed by atoms with Crippen LogP contribution in [-0.2, 0) is 14.8 Å². The molecule has 0 unspecified atom stereocenters. The van der Waals surface area contributed by atoms with E-state index >= 15 is 0 Å². The molecule has 0 aromatic heterocycles. The lowest BCUT2D eigenvalue weighted by Crippen LogP contribution is -2.53. The van der Waals surface area contributed by atoms with Crippen LogP contribution in [0.25, 0.3) is 0 Å². The summed E-state index contributed by atoms with van der Waals surface area (Å²) in [7, 11) is -3.54. The number of piperazine rings is 1. The molecule has 1 amide bonds. The maximum Gasteiger partial charge on any atom is 0.243 e. The third kappa shape index (κ3) is 4.58. The van der Waals surface area contributed by atoms with Crippen LogP contribution in [0.5, 0.6) is 0 Å². The zero-order valence-electron chi connectivity index (χ0n) is 17.6. The van der Waals surface area contributed by atoms with Crippen LogP contribution in [0.4, 0.5) is 0 Å². The molecule has 2 aliphatic rings. The highest BCUT2D eigenvalue weighted by atomic mass is 32.2. The maximum absolute atomic E-state index is 13.2. The lowest BCUT2D eigenvalue weighted by atomic mass is 10.0. The fourth-order valence-electron chi connectivity index (χ4n) is 4.60. The Morgan fingerprint density at radius 3 is 2.21 bits per heavy atom. The fraction of sp³-hybridized carbons (Fsp3) is 0.667. The molecule has 0 spiro atoms. The number of sulfonamides is 1. The topological polar surface area (TPSA) is 60.9 Å². The van der Waals surface area contributed by atoms with Crippen molar-refractivity contribution in [2.45, 2.75) is 45.4 Å². The summed E-state index contributed by atoms with van der Waals surface area (Å²) in [5, 5.41) is 0. The Balaban J connectivity index is 1.62. The molecule has 3 rings (SSSR count). The van der Waals surface area contributed by atoms with Crippen molar-refractivity contribution in [1.29, 1.82) is 0 Å². The number of aryl methyl sites for hydroxylation is 3. The highest BCUT2D eigenvalue weighted by molar-refractivity contribution is 7.89. The number of likely N-dealkylation sites (tertiary alicyclic amines) is 1. The summed E-state index contributed by atoms with van der Waals surface area (Å²) in [6.45, 7) is 12.0. The lowest BCUT2D eigenvalue weighted by molar-refractivity contribution is -0.134. The Kier molecular flexibility index (Phi) is 6.47. The minimum absolute atomic E-state index is 0.119. The summed E-state index contributed by atoms with van der Waals surface area (Å²) in [5.41, 5.74) is 2.64. The number of carbonyl (C=O) groups is 1. The number of piperidine rings is 1. The molecule has 1 aromatic carbocycles. The first kappa shape index (κ1) is 21.3. The maximum atomic E-state index is 13.2. The number of hydrogen-bond acceptors (Lipinski definition) is 4. The Bertz CT molecular complexity index is 806. The predicted molar refractivity (Wildman–Crippen MR) is 111 cm³/mol. The molecule has 2 aliphatic heterocycles. The SMILES string of the molecule is Cc1cc(C)c(S(=O)(=O)N2CCN(C(=O)CN3CCC[C@@H](C)C3)CC2)c(C)c1. The van der Waals surface area contributed by atoms with Gasteiger partial charge in [-0.1, -0.05) is 24.6 Å². The molecule has 0 saturated carbocycles. The second-order valence-electron chi connectivity index (χ2n) is 8.50. The molecule has 0 aliphatic carbocycles. The van der Waals surface area contributed by atoms with Crippen LogP contribution in [0.1, 0.15) is 36.5 Å². The van der Waals surface area contributed by atoms with Gasteiger partial charge in [0, 0.05) is 32.7 Å². The standard InChI is InChI=1S/C21H33N3O3S/c1-16-6-5-7-22(14-16)15-20(25)23-8-10-24(11-9-23)28(26,27)21-18(3)12-17(2)13-19(21)4/h12-13,16H,5-11,14-15H2,1-4H3/t16-/m1/s1. The van der Waals surface area contributed by atoms with Gasteiger partial charge in [0.25, 0.3) is 0 Å². The summed E-state index contributed by atoms with van der Waals surface area (Å²) in [6, 6.07) is 3.83. The van der Waals surface area contributed by atoms with E-state index in [0.717, 1.165) is 36.2 Å². The van der Waals surface area contributed by atoms with Crippen LogP contribution in [0.15, 0.2) is 17.0 Å². The second-order valence-corrected chi connectivity index (χ2v) is 10.4. The molecular formula is C21H33N3O3S. The van der Waals surface area contributed by atoms with E-state index in [4.69, 9.17) is 0 Å². The van der Waals surface area contributed by atoms with E-state index in [0.29, 0.717) is 43.5 Å². The molecule has 1 atom stereocenters. The van der Waals surface area contributed by atoms with Crippen molar-refractivity contribution in [1.82, 2.24) is 14.1 Å². The third-order valence-electron chi connectivity index (χ3n) is 5.89. The van der Waals surface area contributed by atoms with Crippen LogP contribution in [0.3, 0.4) is 0 Å².